The molecule has 0 fully saturated rings. The summed E-state index contributed by atoms with van der Waals surface area (Å²) in [6.07, 6.45) is 2.45. The Morgan fingerprint density at radius 2 is 2.00 bits per heavy atom. The van der Waals surface area contributed by atoms with E-state index in [-0.39, 0.29) is 5.88 Å². The summed E-state index contributed by atoms with van der Waals surface area (Å²) in [6.45, 7) is 1.30. The van der Waals surface area contributed by atoms with Crippen molar-refractivity contribution in [3.05, 3.63) is 24.4 Å². The van der Waals surface area contributed by atoms with Gasteiger partial charge >= 0.3 is 0 Å². The summed E-state index contributed by atoms with van der Waals surface area (Å²) in [5.74, 6) is 1.73. The molecule has 0 saturated heterocycles. The maximum atomic E-state index is 5.72. The molecule has 0 spiro atoms. The van der Waals surface area contributed by atoms with Crippen molar-refractivity contribution in [1.29, 1.82) is 0 Å². The number of hydrogen-bond donors (Lipinski definition) is 1. The van der Waals surface area contributed by atoms with Gasteiger partial charge in [0.1, 0.15) is 0 Å². The molecule has 3 rings (SSSR count). The lowest BCUT2D eigenvalue weighted by molar-refractivity contribution is 0.297. The number of fused-ring (bicyclic) bond motifs is 1. The van der Waals surface area contributed by atoms with Gasteiger partial charge in [0.25, 0.3) is 0 Å². The Bertz CT molecular complexity index is 536. The number of nitrogens with two attached hydrogens (primary N) is 1. The second-order valence-electron chi connectivity index (χ2n) is 3.79. The first-order chi connectivity index (χ1) is 8.36. The van der Waals surface area contributed by atoms with Crippen molar-refractivity contribution in [2.45, 2.75) is 6.42 Å². The molecule has 0 saturated carbocycles. The fraction of sp³-hybridized carbons (Fsp3) is 0.250. The number of benzene rings is 1. The van der Waals surface area contributed by atoms with E-state index < -0.39 is 0 Å². The number of anilines is 1. The van der Waals surface area contributed by atoms with Crippen molar-refractivity contribution in [3.63, 3.8) is 0 Å². The van der Waals surface area contributed by atoms with E-state index in [0.717, 1.165) is 23.3 Å². The van der Waals surface area contributed by atoms with Crippen molar-refractivity contribution in [2.75, 3.05) is 18.9 Å². The Kier molecular flexibility index (Phi) is 2.36. The molecule has 88 valence electrons. The quantitative estimate of drug-likeness (QED) is 0.815. The SMILES string of the molecule is Nc1oncc1-c1cccc2c1OCCCO2. The largest absolute Gasteiger partial charge is 0.490 e. The van der Waals surface area contributed by atoms with Crippen LogP contribution in [0.5, 0.6) is 11.5 Å². The van der Waals surface area contributed by atoms with Crippen LogP contribution >= 0.6 is 0 Å². The molecule has 0 amide bonds. The molecule has 0 bridgehead atoms. The predicted octanol–water partition coefficient (Wildman–Crippen LogP) is 2.09. The summed E-state index contributed by atoms with van der Waals surface area (Å²) in [6, 6.07) is 5.69. The van der Waals surface area contributed by atoms with Crippen molar-refractivity contribution >= 4 is 5.88 Å². The number of nitrogen functional groups attached to an aromatic ring is 1. The molecule has 1 aliphatic heterocycles. The zero-order chi connectivity index (χ0) is 11.7. The van der Waals surface area contributed by atoms with Crippen molar-refractivity contribution in [3.8, 4) is 22.6 Å². The summed E-state index contributed by atoms with van der Waals surface area (Å²) >= 11 is 0. The highest BCUT2D eigenvalue weighted by Gasteiger charge is 2.18. The van der Waals surface area contributed by atoms with Gasteiger partial charge in [-0.2, -0.15) is 0 Å². The number of rotatable bonds is 1. The van der Waals surface area contributed by atoms with E-state index in [9.17, 15) is 0 Å². The molecular weight excluding hydrogens is 220 g/mol. The molecule has 2 aromatic rings. The molecule has 5 heteroatoms. The van der Waals surface area contributed by atoms with Crippen LogP contribution in [0.15, 0.2) is 28.9 Å². The summed E-state index contributed by atoms with van der Waals surface area (Å²) in [5.41, 5.74) is 7.30. The average Bonchev–Trinajstić information content (AvgIpc) is 2.63. The predicted molar refractivity (Wildman–Crippen MR) is 62.0 cm³/mol. The monoisotopic (exact) mass is 232 g/mol. The Morgan fingerprint density at radius 1 is 1.12 bits per heavy atom. The highest BCUT2D eigenvalue weighted by Crippen LogP contribution is 2.41. The highest BCUT2D eigenvalue weighted by atomic mass is 16.5. The zero-order valence-corrected chi connectivity index (χ0v) is 9.18. The van der Waals surface area contributed by atoms with Gasteiger partial charge in [0.15, 0.2) is 11.5 Å². The summed E-state index contributed by atoms with van der Waals surface area (Å²) in [7, 11) is 0. The van der Waals surface area contributed by atoms with Crippen LogP contribution in [0.2, 0.25) is 0 Å². The van der Waals surface area contributed by atoms with Crippen LogP contribution in [0.1, 0.15) is 6.42 Å². The van der Waals surface area contributed by atoms with Crippen LogP contribution in [-0.2, 0) is 0 Å². The maximum Gasteiger partial charge on any atom is 0.230 e. The summed E-state index contributed by atoms with van der Waals surface area (Å²) in [5, 5.41) is 3.67. The van der Waals surface area contributed by atoms with Gasteiger partial charge in [0.2, 0.25) is 5.88 Å². The summed E-state index contributed by atoms with van der Waals surface area (Å²) in [4.78, 5) is 0. The van der Waals surface area contributed by atoms with Crippen LogP contribution in [0.4, 0.5) is 5.88 Å². The first-order valence-electron chi connectivity index (χ1n) is 5.45. The molecule has 0 unspecified atom stereocenters. The third-order valence-corrected chi connectivity index (χ3v) is 2.66. The van der Waals surface area contributed by atoms with E-state index in [1.165, 1.54) is 0 Å². The molecular formula is C12H12N2O3. The third kappa shape index (κ3) is 1.69. The molecule has 1 aromatic carbocycles. The van der Waals surface area contributed by atoms with E-state index in [1.807, 2.05) is 18.2 Å². The molecule has 17 heavy (non-hydrogen) atoms. The fourth-order valence-corrected chi connectivity index (χ4v) is 1.86. The Hall–Kier alpha value is -2.17. The standard InChI is InChI=1S/C12H12N2O3/c13-12-9(7-14-17-12)8-3-1-4-10-11(8)16-6-2-5-15-10/h1,3-4,7H,2,5-6,13H2. The number of aromatic nitrogens is 1. The Balaban J connectivity index is 2.14. The second-order valence-corrected chi connectivity index (χ2v) is 3.79. The van der Waals surface area contributed by atoms with Gasteiger partial charge in [0, 0.05) is 12.0 Å². The first kappa shape index (κ1) is 10.0. The Morgan fingerprint density at radius 3 is 2.82 bits per heavy atom. The topological polar surface area (TPSA) is 70.5 Å². The normalized spacial score (nSPS) is 14.4. The lowest BCUT2D eigenvalue weighted by atomic mass is 10.1. The number of para-hydroxylation sites is 1. The molecule has 0 atom stereocenters. The van der Waals surface area contributed by atoms with Gasteiger partial charge in [-0.15, -0.1) is 0 Å². The van der Waals surface area contributed by atoms with Gasteiger partial charge in [-0.25, -0.2) is 0 Å². The van der Waals surface area contributed by atoms with Gasteiger partial charge in [0.05, 0.1) is 25.0 Å². The van der Waals surface area contributed by atoms with E-state index in [1.54, 1.807) is 6.20 Å². The first-order valence-corrected chi connectivity index (χ1v) is 5.45. The fourth-order valence-electron chi connectivity index (χ4n) is 1.86. The van der Waals surface area contributed by atoms with Crippen LogP contribution in [0.25, 0.3) is 11.1 Å². The molecule has 1 aliphatic rings. The van der Waals surface area contributed by atoms with Gasteiger partial charge in [-0.1, -0.05) is 17.3 Å². The molecule has 5 nitrogen and oxygen atoms in total. The molecule has 2 N–H and O–H groups in total. The van der Waals surface area contributed by atoms with Crippen LogP contribution < -0.4 is 15.2 Å². The molecule has 0 radical (unpaired) electrons. The van der Waals surface area contributed by atoms with Gasteiger partial charge in [-0.3, -0.25) is 0 Å². The van der Waals surface area contributed by atoms with Gasteiger partial charge < -0.3 is 19.7 Å². The van der Waals surface area contributed by atoms with E-state index in [2.05, 4.69) is 5.16 Å². The lowest BCUT2D eigenvalue weighted by Gasteiger charge is -2.11. The van der Waals surface area contributed by atoms with E-state index in [0.29, 0.717) is 19.0 Å². The van der Waals surface area contributed by atoms with Crippen molar-refractivity contribution in [1.82, 2.24) is 5.16 Å². The minimum atomic E-state index is 0.284. The highest BCUT2D eigenvalue weighted by molar-refractivity contribution is 5.79. The zero-order valence-electron chi connectivity index (χ0n) is 9.18. The maximum absolute atomic E-state index is 5.72. The number of hydrogen-bond acceptors (Lipinski definition) is 5. The van der Waals surface area contributed by atoms with E-state index in [4.69, 9.17) is 19.7 Å². The second kappa shape index (κ2) is 4.01. The average molecular weight is 232 g/mol. The van der Waals surface area contributed by atoms with Gasteiger partial charge in [-0.05, 0) is 6.07 Å². The summed E-state index contributed by atoms with van der Waals surface area (Å²) < 4.78 is 16.2. The molecule has 2 heterocycles. The van der Waals surface area contributed by atoms with Crippen LogP contribution in [-0.4, -0.2) is 18.4 Å². The third-order valence-electron chi connectivity index (χ3n) is 2.66. The minimum Gasteiger partial charge on any atom is -0.490 e. The lowest BCUT2D eigenvalue weighted by Crippen LogP contribution is -1.98. The van der Waals surface area contributed by atoms with Crippen LogP contribution in [0, 0.1) is 0 Å². The van der Waals surface area contributed by atoms with E-state index >= 15 is 0 Å². The van der Waals surface area contributed by atoms with Crippen molar-refractivity contribution < 1.29 is 14.0 Å². The molecule has 1 aromatic heterocycles. The van der Waals surface area contributed by atoms with Crippen molar-refractivity contribution in [2.24, 2.45) is 0 Å². The molecule has 0 aliphatic carbocycles. The Labute approximate surface area is 98.1 Å². The number of nitrogens with zero attached hydrogens (tertiary/aromatic N) is 1. The smallest absolute Gasteiger partial charge is 0.230 e. The van der Waals surface area contributed by atoms with Crippen LogP contribution in [0.3, 0.4) is 0 Å². The number of ether oxygens (including phenoxy) is 2. The minimum absolute atomic E-state index is 0.284.